The summed E-state index contributed by atoms with van der Waals surface area (Å²) in [6, 6.07) is 0. The van der Waals surface area contributed by atoms with Gasteiger partial charge in [0.15, 0.2) is 0 Å². The van der Waals surface area contributed by atoms with Gasteiger partial charge in [-0.25, -0.2) is 9.97 Å². The van der Waals surface area contributed by atoms with Gasteiger partial charge in [-0.1, -0.05) is 25.4 Å². The van der Waals surface area contributed by atoms with Crippen LogP contribution in [-0.2, 0) is 4.74 Å². The van der Waals surface area contributed by atoms with Crippen LogP contribution in [0, 0.1) is 0 Å². The Hall–Kier alpha value is -1.20. The van der Waals surface area contributed by atoms with E-state index in [1.165, 1.54) is 6.20 Å². The first-order chi connectivity index (χ1) is 9.41. The van der Waals surface area contributed by atoms with Crippen molar-refractivity contribution in [2.75, 3.05) is 13.2 Å². The fraction of sp³-hybridized carbons (Fsp3) is 0.643. The quantitative estimate of drug-likeness (QED) is 0.927. The number of nitrogens with one attached hydrogen (secondary N) is 1. The second-order valence-electron chi connectivity index (χ2n) is 5.66. The standard InChI is InChI=1S/C14H20ClN3O2/c1-9(2)12-16-7-10(15)11(18-12)13(19)17-8-14(3)5-4-6-20-14/h7,9H,4-6,8H2,1-3H3,(H,17,19). The van der Waals surface area contributed by atoms with Gasteiger partial charge < -0.3 is 10.1 Å². The summed E-state index contributed by atoms with van der Waals surface area (Å²) in [4.78, 5) is 20.6. The Kier molecular flexibility index (Phi) is 4.60. The SMILES string of the molecule is CC(C)c1ncc(Cl)c(C(=O)NCC2(C)CCCO2)n1. The van der Waals surface area contributed by atoms with Gasteiger partial charge in [-0.3, -0.25) is 4.79 Å². The molecule has 0 saturated carbocycles. The van der Waals surface area contributed by atoms with Gasteiger partial charge in [0.25, 0.3) is 5.91 Å². The molecular weight excluding hydrogens is 278 g/mol. The van der Waals surface area contributed by atoms with Crippen LogP contribution in [-0.4, -0.2) is 34.6 Å². The van der Waals surface area contributed by atoms with Crippen molar-refractivity contribution in [2.45, 2.75) is 45.1 Å². The fourth-order valence-electron chi connectivity index (χ4n) is 2.15. The lowest BCUT2D eigenvalue weighted by molar-refractivity contribution is 0.0205. The van der Waals surface area contributed by atoms with Crippen LogP contribution >= 0.6 is 11.6 Å². The molecule has 1 fully saturated rings. The first kappa shape index (κ1) is 15.2. The summed E-state index contributed by atoms with van der Waals surface area (Å²) >= 11 is 6.01. The lowest BCUT2D eigenvalue weighted by Gasteiger charge is -2.23. The maximum absolute atomic E-state index is 12.2. The third kappa shape index (κ3) is 3.46. The predicted molar refractivity (Wildman–Crippen MR) is 77.1 cm³/mol. The topological polar surface area (TPSA) is 64.1 Å². The minimum atomic E-state index is -0.282. The molecule has 1 aromatic heterocycles. The number of ether oxygens (including phenoxy) is 1. The average molecular weight is 298 g/mol. The summed E-state index contributed by atoms with van der Waals surface area (Å²) in [5.41, 5.74) is -0.0530. The van der Waals surface area contributed by atoms with E-state index in [4.69, 9.17) is 16.3 Å². The molecule has 1 unspecified atom stereocenters. The molecule has 6 heteroatoms. The third-order valence-electron chi connectivity index (χ3n) is 3.42. The highest BCUT2D eigenvalue weighted by Crippen LogP contribution is 2.24. The van der Waals surface area contributed by atoms with Crippen LogP contribution in [0.4, 0.5) is 0 Å². The minimum absolute atomic E-state index is 0.148. The van der Waals surface area contributed by atoms with Gasteiger partial charge in [0.05, 0.1) is 16.8 Å². The molecule has 1 aliphatic rings. The molecule has 1 N–H and O–H groups in total. The van der Waals surface area contributed by atoms with E-state index >= 15 is 0 Å². The van der Waals surface area contributed by atoms with Crippen molar-refractivity contribution in [1.82, 2.24) is 15.3 Å². The normalized spacial score (nSPS) is 22.2. The molecule has 2 heterocycles. The molecule has 2 rings (SSSR count). The van der Waals surface area contributed by atoms with Crippen molar-refractivity contribution in [2.24, 2.45) is 0 Å². The molecule has 1 aliphatic heterocycles. The van der Waals surface area contributed by atoms with E-state index in [1.807, 2.05) is 20.8 Å². The molecule has 1 saturated heterocycles. The van der Waals surface area contributed by atoms with Gasteiger partial charge in [0.2, 0.25) is 0 Å². The molecule has 0 bridgehead atoms. The molecule has 0 aromatic carbocycles. The number of halogens is 1. The smallest absolute Gasteiger partial charge is 0.271 e. The van der Waals surface area contributed by atoms with E-state index < -0.39 is 0 Å². The molecule has 0 aliphatic carbocycles. The van der Waals surface area contributed by atoms with E-state index in [9.17, 15) is 4.79 Å². The van der Waals surface area contributed by atoms with Crippen molar-refractivity contribution in [3.05, 3.63) is 22.7 Å². The van der Waals surface area contributed by atoms with Crippen LogP contribution in [0.25, 0.3) is 0 Å². The summed E-state index contributed by atoms with van der Waals surface area (Å²) in [5, 5.41) is 3.12. The Morgan fingerprint density at radius 3 is 2.95 bits per heavy atom. The number of carbonyl (C=O) groups excluding carboxylic acids is 1. The lowest BCUT2D eigenvalue weighted by Crippen LogP contribution is -2.40. The molecule has 110 valence electrons. The van der Waals surface area contributed by atoms with Crippen molar-refractivity contribution in [3.8, 4) is 0 Å². The molecular formula is C14H20ClN3O2. The summed E-state index contributed by atoms with van der Waals surface area (Å²) < 4.78 is 5.64. The zero-order valence-corrected chi connectivity index (χ0v) is 12.8. The van der Waals surface area contributed by atoms with E-state index in [2.05, 4.69) is 15.3 Å². The van der Waals surface area contributed by atoms with Gasteiger partial charge in [-0.05, 0) is 19.8 Å². The highest BCUT2D eigenvalue weighted by atomic mass is 35.5. The Balaban J connectivity index is 2.06. The number of hydrogen-bond donors (Lipinski definition) is 1. The van der Waals surface area contributed by atoms with Gasteiger partial charge in [0, 0.05) is 19.1 Å². The number of carbonyl (C=O) groups is 1. The zero-order valence-electron chi connectivity index (χ0n) is 12.1. The number of amides is 1. The molecule has 1 amide bonds. The third-order valence-corrected chi connectivity index (χ3v) is 3.69. The largest absolute Gasteiger partial charge is 0.373 e. The first-order valence-electron chi connectivity index (χ1n) is 6.86. The summed E-state index contributed by atoms with van der Waals surface area (Å²) in [5.74, 6) is 0.480. The number of hydrogen-bond acceptors (Lipinski definition) is 4. The molecule has 1 aromatic rings. The van der Waals surface area contributed by atoms with Crippen molar-refractivity contribution in [1.29, 1.82) is 0 Å². The first-order valence-corrected chi connectivity index (χ1v) is 7.24. The highest BCUT2D eigenvalue weighted by molar-refractivity contribution is 6.33. The van der Waals surface area contributed by atoms with Crippen molar-refractivity contribution < 1.29 is 9.53 Å². The van der Waals surface area contributed by atoms with E-state index in [-0.39, 0.29) is 28.1 Å². The Labute approximate surface area is 124 Å². The maximum atomic E-state index is 12.2. The van der Waals surface area contributed by atoms with E-state index in [0.717, 1.165) is 19.4 Å². The number of nitrogens with zero attached hydrogens (tertiary/aromatic N) is 2. The monoisotopic (exact) mass is 297 g/mol. The van der Waals surface area contributed by atoms with Crippen LogP contribution in [0.1, 0.15) is 55.8 Å². The summed E-state index contributed by atoms with van der Waals surface area (Å²) in [6.07, 6.45) is 3.45. The van der Waals surface area contributed by atoms with Crippen LogP contribution in [0.5, 0.6) is 0 Å². The van der Waals surface area contributed by atoms with Gasteiger partial charge >= 0.3 is 0 Å². The van der Waals surface area contributed by atoms with Crippen LogP contribution < -0.4 is 5.32 Å². The van der Waals surface area contributed by atoms with Crippen LogP contribution in [0.15, 0.2) is 6.20 Å². The average Bonchev–Trinajstić information content (AvgIpc) is 2.84. The zero-order chi connectivity index (χ0) is 14.8. The van der Waals surface area contributed by atoms with Gasteiger partial charge in [0.1, 0.15) is 11.5 Å². The van der Waals surface area contributed by atoms with Crippen LogP contribution in [0.3, 0.4) is 0 Å². The molecule has 20 heavy (non-hydrogen) atoms. The molecule has 1 atom stereocenters. The second kappa shape index (κ2) is 6.06. The fourth-order valence-corrected chi connectivity index (χ4v) is 2.32. The van der Waals surface area contributed by atoms with Crippen molar-refractivity contribution in [3.63, 3.8) is 0 Å². The lowest BCUT2D eigenvalue weighted by atomic mass is 10.0. The van der Waals surface area contributed by atoms with E-state index in [1.54, 1.807) is 0 Å². The highest BCUT2D eigenvalue weighted by Gasteiger charge is 2.30. The Bertz CT molecular complexity index is 499. The summed E-state index contributed by atoms with van der Waals surface area (Å²) in [6.45, 7) is 7.15. The molecule has 0 spiro atoms. The Morgan fingerprint density at radius 1 is 1.60 bits per heavy atom. The van der Waals surface area contributed by atoms with Crippen LogP contribution in [0.2, 0.25) is 5.02 Å². The van der Waals surface area contributed by atoms with E-state index in [0.29, 0.717) is 12.4 Å². The van der Waals surface area contributed by atoms with Crippen molar-refractivity contribution >= 4 is 17.5 Å². The maximum Gasteiger partial charge on any atom is 0.271 e. The predicted octanol–water partition coefficient (Wildman–Crippen LogP) is 2.55. The molecule has 0 radical (unpaired) electrons. The Morgan fingerprint density at radius 2 is 2.35 bits per heavy atom. The summed E-state index contributed by atoms with van der Waals surface area (Å²) in [7, 11) is 0. The molecule has 5 nitrogen and oxygen atoms in total. The van der Waals surface area contributed by atoms with Gasteiger partial charge in [-0.2, -0.15) is 0 Å². The number of aromatic nitrogens is 2. The van der Waals surface area contributed by atoms with Gasteiger partial charge in [-0.15, -0.1) is 0 Å². The minimum Gasteiger partial charge on any atom is -0.373 e. The number of rotatable bonds is 4. The second-order valence-corrected chi connectivity index (χ2v) is 6.07.